The molecule has 1 heterocycles. The molecule has 6 unspecified atom stereocenters. The summed E-state index contributed by atoms with van der Waals surface area (Å²) < 4.78 is 45.4. The summed E-state index contributed by atoms with van der Waals surface area (Å²) in [5, 5.41) is 82.8. The molecule has 1 aliphatic heterocycles. The molecule has 19 heteroatoms. The van der Waals surface area contributed by atoms with Gasteiger partial charge < -0.3 is 64.7 Å². The number of rotatable bonds is 38. The first-order valence-corrected chi connectivity index (χ1v) is 26.4. The average molecular weight is 959 g/mol. The lowest BCUT2D eigenvalue weighted by Crippen LogP contribution is -2.67. The van der Waals surface area contributed by atoms with Crippen LogP contribution in [0.5, 0.6) is 0 Å². The second-order valence-corrected chi connectivity index (χ2v) is 19.4. The number of aliphatic hydroxyl groups is 8. The lowest BCUT2D eigenvalue weighted by atomic mass is 9.84. The van der Waals surface area contributed by atoms with Crippen LogP contribution in [0.1, 0.15) is 187 Å². The summed E-state index contributed by atoms with van der Waals surface area (Å²) in [6.07, 6.45) is 4.84. The van der Waals surface area contributed by atoms with Gasteiger partial charge in [-0.25, -0.2) is 4.57 Å². The summed E-state index contributed by atoms with van der Waals surface area (Å²) >= 11 is 0. The summed E-state index contributed by atoms with van der Waals surface area (Å²) in [6, 6.07) is 0. The normalized spacial score (nSPS) is 28.4. The fourth-order valence-corrected chi connectivity index (χ4v) is 9.14. The first kappa shape index (κ1) is 59.8. The second kappa shape index (κ2) is 34.9. The van der Waals surface area contributed by atoms with Crippen LogP contribution in [0.2, 0.25) is 0 Å². The Morgan fingerprint density at radius 1 is 0.523 bits per heavy atom. The highest BCUT2D eigenvalue weighted by atomic mass is 31.2. The maximum absolute atomic E-state index is 13.4. The summed E-state index contributed by atoms with van der Waals surface area (Å²) in [4.78, 5) is 36.4. The molecule has 384 valence electrons. The zero-order chi connectivity index (χ0) is 48.0. The smallest absolute Gasteiger partial charge is 0.462 e. The quantitative estimate of drug-likeness (QED) is 0.0219. The van der Waals surface area contributed by atoms with Crippen LogP contribution in [0.15, 0.2) is 0 Å². The Morgan fingerprint density at radius 3 is 1.37 bits per heavy atom. The molecule has 2 fully saturated rings. The van der Waals surface area contributed by atoms with Gasteiger partial charge in [-0.3, -0.25) is 18.6 Å². The highest BCUT2D eigenvalue weighted by Crippen LogP contribution is 2.48. The minimum absolute atomic E-state index is 0.0388. The van der Waals surface area contributed by atoms with Crippen molar-refractivity contribution in [3.63, 3.8) is 0 Å². The zero-order valence-corrected chi connectivity index (χ0v) is 40.2. The fourth-order valence-electron chi connectivity index (χ4n) is 8.17. The minimum Gasteiger partial charge on any atom is -0.462 e. The van der Waals surface area contributed by atoms with Crippen molar-refractivity contribution in [1.82, 2.24) is 0 Å². The van der Waals surface area contributed by atoms with E-state index in [4.69, 9.17) is 28.0 Å². The Kier molecular flexibility index (Phi) is 32.1. The van der Waals surface area contributed by atoms with E-state index in [9.17, 15) is 59.9 Å². The molecule has 0 bridgehead atoms. The van der Waals surface area contributed by atoms with Crippen LogP contribution < -0.4 is 0 Å². The molecule has 0 radical (unpaired) electrons. The van der Waals surface area contributed by atoms with Gasteiger partial charge in [0.2, 0.25) is 0 Å². The van der Waals surface area contributed by atoms with Crippen LogP contribution in [0.25, 0.3) is 0 Å². The molecule has 1 aliphatic carbocycles. The lowest BCUT2D eigenvalue weighted by molar-refractivity contribution is -0.338. The van der Waals surface area contributed by atoms with E-state index >= 15 is 0 Å². The first-order chi connectivity index (χ1) is 31.2. The van der Waals surface area contributed by atoms with Crippen LogP contribution in [-0.2, 0) is 42.1 Å². The van der Waals surface area contributed by atoms with E-state index in [-0.39, 0.29) is 12.8 Å². The van der Waals surface area contributed by atoms with Crippen molar-refractivity contribution in [3.8, 4) is 0 Å². The van der Waals surface area contributed by atoms with Crippen LogP contribution in [-0.4, -0.2) is 151 Å². The van der Waals surface area contributed by atoms with Gasteiger partial charge >= 0.3 is 19.8 Å². The van der Waals surface area contributed by atoms with Crippen molar-refractivity contribution in [2.75, 3.05) is 19.8 Å². The van der Waals surface area contributed by atoms with Gasteiger partial charge in [0.1, 0.15) is 67.6 Å². The molecule has 1 saturated heterocycles. The summed E-state index contributed by atoms with van der Waals surface area (Å²) in [7, 11) is -5.36. The predicted octanol–water partition coefficient (Wildman–Crippen LogP) is 5.16. The second-order valence-electron chi connectivity index (χ2n) is 18.0. The number of aliphatic hydroxyl groups excluding tert-OH is 8. The van der Waals surface area contributed by atoms with Crippen molar-refractivity contribution in [2.24, 2.45) is 0 Å². The molecule has 65 heavy (non-hydrogen) atoms. The van der Waals surface area contributed by atoms with Crippen molar-refractivity contribution in [2.45, 2.75) is 261 Å². The third-order valence-corrected chi connectivity index (χ3v) is 13.3. The van der Waals surface area contributed by atoms with Crippen LogP contribution in [0.3, 0.4) is 0 Å². The number of phosphoric ester groups is 1. The average Bonchev–Trinajstić information content (AvgIpc) is 3.28. The molecule has 2 aliphatic rings. The van der Waals surface area contributed by atoms with E-state index in [2.05, 4.69) is 13.8 Å². The number of phosphoric acid groups is 1. The van der Waals surface area contributed by atoms with E-state index in [1.807, 2.05) is 0 Å². The number of unbranched alkanes of at least 4 members (excludes halogenated alkanes) is 23. The Balaban J connectivity index is 1.95. The highest BCUT2D eigenvalue weighted by molar-refractivity contribution is 7.47. The lowest BCUT2D eigenvalue weighted by Gasteiger charge is -2.47. The summed E-state index contributed by atoms with van der Waals surface area (Å²) in [6.45, 7) is 2.22. The molecule has 0 aromatic heterocycles. The molecular formula is C46H87O18P. The van der Waals surface area contributed by atoms with E-state index in [0.29, 0.717) is 12.8 Å². The molecule has 18 nitrogen and oxygen atoms in total. The van der Waals surface area contributed by atoms with Gasteiger partial charge in [-0.15, -0.1) is 0 Å². The predicted molar refractivity (Wildman–Crippen MR) is 240 cm³/mol. The molecule has 0 spiro atoms. The molecule has 2 rings (SSSR count). The Bertz CT molecular complexity index is 1280. The van der Waals surface area contributed by atoms with Crippen molar-refractivity contribution in [1.29, 1.82) is 0 Å². The van der Waals surface area contributed by atoms with E-state index in [0.717, 1.165) is 51.4 Å². The molecule has 0 aromatic rings. The maximum atomic E-state index is 13.4. The summed E-state index contributed by atoms with van der Waals surface area (Å²) in [5.74, 6) is -1.21. The molecular weight excluding hydrogens is 871 g/mol. The number of hydrogen-bond donors (Lipinski definition) is 9. The highest BCUT2D eigenvalue weighted by Gasteiger charge is 2.55. The fraction of sp³-hybridized carbons (Fsp3) is 0.957. The Labute approximate surface area is 387 Å². The van der Waals surface area contributed by atoms with Crippen LogP contribution in [0, 0.1) is 0 Å². The van der Waals surface area contributed by atoms with E-state index in [1.165, 1.54) is 96.3 Å². The minimum atomic E-state index is -5.36. The van der Waals surface area contributed by atoms with Crippen LogP contribution in [0.4, 0.5) is 0 Å². The third kappa shape index (κ3) is 24.2. The van der Waals surface area contributed by atoms with Gasteiger partial charge in [-0.1, -0.05) is 162 Å². The van der Waals surface area contributed by atoms with Crippen molar-refractivity contribution < 1.29 is 87.9 Å². The number of carbonyl (C=O) groups excluding carboxylic acids is 2. The number of esters is 2. The SMILES string of the molecule is CCCCCCCCCCCCCCCCC(=O)OC[C@H](COP(=O)(O)O[C@@H]1C(O)C(O)[C@@H](O)C(O)[C@H]1O[C@H]1OC(CO)[C@@H](O)C(O)[C@H]1O)OC(=O)CCCCCCCCCCCCC. The van der Waals surface area contributed by atoms with E-state index in [1.54, 1.807) is 0 Å². The molecule has 0 aromatic carbocycles. The number of ether oxygens (including phenoxy) is 4. The number of hydrogen-bond acceptors (Lipinski definition) is 17. The van der Waals surface area contributed by atoms with Crippen molar-refractivity contribution >= 4 is 19.8 Å². The van der Waals surface area contributed by atoms with Gasteiger partial charge in [0, 0.05) is 12.8 Å². The van der Waals surface area contributed by atoms with Gasteiger partial charge in [0.25, 0.3) is 0 Å². The standard InChI is InChI=1S/C46H87O18P/c1-3-5-7-9-11-13-15-16-17-19-20-22-24-26-28-35(48)59-31-33(61-36(49)29-27-25-23-21-18-14-12-10-8-6-4-2)32-60-65(57,58)64-45-42(55)40(53)39(52)41(54)44(45)63-46-43(56)38(51)37(50)34(30-47)62-46/h33-34,37-47,50-56H,3-32H2,1-2H3,(H,57,58)/t33-,34?,37-,38?,39-,40?,41?,42?,43-,44-,45-,46-/m1/s1. The molecule has 0 amide bonds. The van der Waals surface area contributed by atoms with Gasteiger partial charge in [0.05, 0.1) is 13.2 Å². The largest absolute Gasteiger partial charge is 0.472 e. The zero-order valence-electron chi connectivity index (χ0n) is 39.3. The van der Waals surface area contributed by atoms with Gasteiger partial charge in [-0.2, -0.15) is 0 Å². The van der Waals surface area contributed by atoms with Crippen molar-refractivity contribution in [3.05, 3.63) is 0 Å². The van der Waals surface area contributed by atoms with Crippen LogP contribution >= 0.6 is 7.82 Å². The van der Waals surface area contributed by atoms with E-state index < -0.39 is 113 Å². The third-order valence-electron chi connectivity index (χ3n) is 12.3. The Morgan fingerprint density at radius 2 is 0.923 bits per heavy atom. The first-order valence-electron chi connectivity index (χ1n) is 24.9. The number of carbonyl (C=O) groups is 2. The molecule has 1 saturated carbocycles. The maximum Gasteiger partial charge on any atom is 0.472 e. The molecule has 9 N–H and O–H groups in total. The van der Waals surface area contributed by atoms with Gasteiger partial charge in [0.15, 0.2) is 12.4 Å². The van der Waals surface area contributed by atoms with Gasteiger partial charge in [-0.05, 0) is 12.8 Å². The monoisotopic (exact) mass is 959 g/mol. The topological polar surface area (TPSA) is 289 Å². The summed E-state index contributed by atoms with van der Waals surface area (Å²) in [5.41, 5.74) is 0. The molecule has 13 atom stereocenters. The Hall–Kier alpha value is -1.35.